The van der Waals surface area contributed by atoms with Gasteiger partial charge in [-0.2, -0.15) is 0 Å². The molecule has 0 unspecified atom stereocenters. The first-order valence-electron chi connectivity index (χ1n) is 19.7. The summed E-state index contributed by atoms with van der Waals surface area (Å²) in [6, 6.07) is 50.0. The van der Waals surface area contributed by atoms with Crippen LogP contribution in [0.15, 0.2) is 133 Å². The second-order valence-corrected chi connectivity index (χ2v) is 15.0. The molecule has 0 saturated heterocycles. The standard InChI is InChI=1S/C51H48N2/c1-3-51(4-2)47-35-39(19-17-37-21-27-43(28-22-37)52-33-9-13-41-11-5-7-15-49(41)52)25-31-45(47)46-32-26-40(36-48(46)51)20-18-38-23-29-44(30-24-38)53-34-10-14-42-12-6-8-16-50(42)53/h5-8,11-12,15-32,35-36H,3-4,9-10,13-14,33-34H2,1-2H3/b19-17+,20-18+. The number of fused-ring (bicyclic) bond motifs is 5. The second-order valence-electron chi connectivity index (χ2n) is 15.0. The van der Waals surface area contributed by atoms with E-state index in [0.717, 1.165) is 25.9 Å². The summed E-state index contributed by atoms with van der Waals surface area (Å²) in [6.07, 6.45) is 16.0. The fourth-order valence-corrected chi connectivity index (χ4v) is 9.27. The van der Waals surface area contributed by atoms with Crippen LogP contribution in [0.2, 0.25) is 0 Å². The highest BCUT2D eigenvalue weighted by Crippen LogP contribution is 2.53. The lowest BCUT2D eigenvalue weighted by molar-refractivity contribution is 0.490. The van der Waals surface area contributed by atoms with Crippen LogP contribution in [0.5, 0.6) is 0 Å². The Kier molecular flexibility index (Phi) is 8.84. The van der Waals surface area contributed by atoms with Crippen molar-refractivity contribution < 1.29 is 0 Å². The SMILES string of the molecule is CCC1(CC)c2cc(/C=C/c3ccc(N4CCCc5ccccc54)cc3)ccc2-c2ccc(/C=C/c3ccc(N4CCCc5ccccc54)cc3)cc21. The van der Waals surface area contributed by atoms with Crippen molar-refractivity contribution in [1.82, 2.24) is 0 Å². The highest BCUT2D eigenvalue weighted by atomic mass is 15.1. The van der Waals surface area contributed by atoms with Gasteiger partial charge in [-0.15, -0.1) is 0 Å². The summed E-state index contributed by atoms with van der Waals surface area (Å²) in [5.41, 5.74) is 18.8. The molecule has 0 fully saturated rings. The molecule has 1 aliphatic carbocycles. The van der Waals surface area contributed by atoms with Gasteiger partial charge in [0.05, 0.1) is 0 Å². The minimum absolute atomic E-state index is 0.0110. The first-order valence-corrected chi connectivity index (χ1v) is 19.7. The maximum absolute atomic E-state index is 2.47. The van der Waals surface area contributed by atoms with Crippen LogP contribution in [-0.2, 0) is 18.3 Å². The molecule has 0 amide bonds. The zero-order chi connectivity index (χ0) is 35.8. The molecule has 2 heteroatoms. The van der Waals surface area contributed by atoms with E-state index in [0.29, 0.717) is 0 Å². The van der Waals surface area contributed by atoms with Gasteiger partial charge in [0.2, 0.25) is 0 Å². The Morgan fingerprint density at radius 1 is 0.472 bits per heavy atom. The minimum atomic E-state index is 0.0110. The third-order valence-corrected chi connectivity index (χ3v) is 12.2. The Hall–Kier alpha value is -5.60. The molecule has 0 saturated carbocycles. The summed E-state index contributed by atoms with van der Waals surface area (Å²) in [4.78, 5) is 4.93. The van der Waals surface area contributed by atoms with Gasteiger partial charge in [0.1, 0.15) is 0 Å². The summed E-state index contributed by atoms with van der Waals surface area (Å²) < 4.78 is 0. The van der Waals surface area contributed by atoms with Gasteiger partial charge in [-0.05, 0) is 131 Å². The van der Waals surface area contributed by atoms with Crippen molar-refractivity contribution in [3.63, 3.8) is 0 Å². The van der Waals surface area contributed by atoms with Gasteiger partial charge in [-0.3, -0.25) is 0 Å². The normalized spacial score (nSPS) is 15.7. The lowest BCUT2D eigenvalue weighted by atomic mass is 9.73. The zero-order valence-corrected chi connectivity index (χ0v) is 31.1. The van der Waals surface area contributed by atoms with E-state index in [1.807, 2.05) is 0 Å². The van der Waals surface area contributed by atoms with E-state index < -0.39 is 0 Å². The van der Waals surface area contributed by atoms with Crippen LogP contribution in [-0.4, -0.2) is 13.1 Å². The molecule has 0 bridgehead atoms. The fraction of sp³-hybridized carbons (Fsp3) is 0.216. The highest BCUT2D eigenvalue weighted by Gasteiger charge is 2.40. The fourth-order valence-electron chi connectivity index (χ4n) is 9.27. The van der Waals surface area contributed by atoms with Crippen LogP contribution in [0.25, 0.3) is 35.4 Å². The van der Waals surface area contributed by atoms with E-state index in [9.17, 15) is 0 Å². The average molecular weight is 689 g/mol. The first-order chi connectivity index (χ1) is 26.1. The van der Waals surface area contributed by atoms with Crippen molar-refractivity contribution in [2.24, 2.45) is 0 Å². The Bertz CT molecular complexity index is 2160. The van der Waals surface area contributed by atoms with Crippen molar-refractivity contribution >= 4 is 47.1 Å². The van der Waals surface area contributed by atoms with Crippen LogP contribution in [0, 0.1) is 0 Å². The number of benzene rings is 6. The van der Waals surface area contributed by atoms with Gasteiger partial charge in [0.25, 0.3) is 0 Å². The lowest BCUT2D eigenvalue weighted by Gasteiger charge is -2.31. The molecule has 0 atom stereocenters. The maximum Gasteiger partial charge on any atom is 0.0443 e. The van der Waals surface area contributed by atoms with Gasteiger partial charge in [-0.1, -0.05) is 135 Å². The molecule has 0 aromatic heterocycles. The molecule has 3 aliphatic rings. The number of nitrogens with zero attached hydrogens (tertiary/aromatic N) is 2. The highest BCUT2D eigenvalue weighted by molar-refractivity contribution is 5.85. The quantitative estimate of drug-likeness (QED) is 0.147. The summed E-state index contributed by atoms with van der Waals surface area (Å²) in [7, 11) is 0. The van der Waals surface area contributed by atoms with E-state index in [4.69, 9.17) is 0 Å². The Morgan fingerprint density at radius 3 is 1.30 bits per heavy atom. The number of para-hydroxylation sites is 2. The Balaban J connectivity index is 0.930. The smallest absolute Gasteiger partial charge is 0.0443 e. The molecular weight excluding hydrogens is 641 g/mol. The molecule has 6 aromatic carbocycles. The molecule has 2 nitrogen and oxygen atoms in total. The molecular formula is C51H48N2. The molecule has 0 radical (unpaired) electrons. The van der Waals surface area contributed by atoms with Gasteiger partial charge in [0, 0.05) is 41.3 Å². The number of aryl methyl sites for hydroxylation is 2. The van der Waals surface area contributed by atoms with Crippen molar-refractivity contribution in [3.8, 4) is 11.1 Å². The van der Waals surface area contributed by atoms with Crippen LogP contribution >= 0.6 is 0 Å². The molecule has 0 spiro atoms. The molecule has 9 rings (SSSR count). The van der Waals surface area contributed by atoms with Crippen molar-refractivity contribution in [2.45, 2.75) is 57.8 Å². The monoisotopic (exact) mass is 688 g/mol. The molecule has 2 aliphatic heterocycles. The minimum Gasteiger partial charge on any atom is -0.341 e. The molecule has 2 heterocycles. The number of hydrogen-bond acceptors (Lipinski definition) is 2. The Labute approximate surface area is 315 Å². The van der Waals surface area contributed by atoms with Crippen molar-refractivity contribution in [1.29, 1.82) is 0 Å². The van der Waals surface area contributed by atoms with E-state index in [1.165, 1.54) is 104 Å². The lowest BCUT2D eigenvalue weighted by Crippen LogP contribution is -2.24. The van der Waals surface area contributed by atoms with E-state index >= 15 is 0 Å². The number of anilines is 4. The number of hydrogen-bond donors (Lipinski definition) is 0. The Morgan fingerprint density at radius 2 is 0.868 bits per heavy atom. The number of rotatable bonds is 8. The summed E-state index contributed by atoms with van der Waals surface area (Å²) in [6.45, 7) is 6.86. The maximum atomic E-state index is 2.47. The van der Waals surface area contributed by atoms with Crippen LogP contribution in [0.3, 0.4) is 0 Å². The van der Waals surface area contributed by atoms with Crippen molar-refractivity contribution in [3.05, 3.63) is 178 Å². The van der Waals surface area contributed by atoms with Gasteiger partial charge in [0.15, 0.2) is 0 Å². The molecule has 0 N–H and O–H groups in total. The van der Waals surface area contributed by atoms with Crippen LogP contribution in [0.4, 0.5) is 22.7 Å². The van der Waals surface area contributed by atoms with Gasteiger partial charge < -0.3 is 9.80 Å². The predicted molar refractivity (Wildman–Crippen MR) is 228 cm³/mol. The van der Waals surface area contributed by atoms with Crippen LogP contribution in [0.1, 0.15) is 84.0 Å². The third-order valence-electron chi connectivity index (χ3n) is 12.2. The summed E-state index contributed by atoms with van der Waals surface area (Å²) >= 11 is 0. The average Bonchev–Trinajstić information content (AvgIpc) is 3.50. The predicted octanol–water partition coefficient (Wildman–Crippen LogP) is 13.3. The van der Waals surface area contributed by atoms with Gasteiger partial charge in [-0.25, -0.2) is 0 Å². The zero-order valence-electron chi connectivity index (χ0n) is 31.1. The third kappa shape index (κ3) is 6.11. The van der Waals surface area contributed by atoms with E-state index in [1.54, 1.807) is 0 Å². The molecule has 6 aromatic rings. The summed E-state index contributed by atoms with van der Waals surface area (Å²) in [5, 5.41) is 0. The largest absolute Gasteiger partial charge is 0.341 e. The molecule has 262 valence electrons. The molecule has 53 heavy (non-hydrogen) atoms. The first kappa shape index (κ1) is 33.3. The van der Waals surface area contributed by atoms with E-state index in [2.05, 4.69) is 181 Å². The van der Waals surface area contributed by atoms with Crippen molar-refractivity contribution in [2.75, 3.05) is 22.9 Å². The van der Waals surface area contributed by atoms with E-state index in [-0.39, 0.29) is 5.41 Å². The summed E-state index contributed by atoms with van der Waals surface area (Å²) in [5.74, 6) is 0. The van der Waals surface area contributed by atoms with Gasteiger partial charge >= 0.3 is 0 Å². The second kappa shape index (κ2) is 14.1. The van der Waals surface area contributed by atoms with Crippen LogP contribution < -0.4 is 9.80 Å². The topological polar surface area (TPSA) is 6.48 Å².